The lowest BCUT2D eigenvalue weighted by atomic mass is 10.0. The zero-order valence-corrected chi connectivity index (χ0v) is 16.4. The Morgan fingerprint density at radius 1 is 0.533 bits per heavy atom. The molecule has 0 saturated carbocycles. The van der Waals surface area contributed by atoms with Crippen molar-refractivity contribution in [2.45, 2.75) is 13.1 Å². The van der Waals surface area contributed by atoms with Crippen LogP contribution in [0.15, 0.2) is 97.6 Å². The molecule has 30 heavy (non-hydrogen) atoms. The highest BCUT2D eigenvalue weighted by Gasteiger charge is 2.06. The fourth-order valence-corrected chi connectivity index (χ4v) is 4.21. The molecule has 0 saturated heterocycles. The number of para-hydroxylation sites is 4. The number of nitrogens with zero attached hydrogens (tertiary/aromatic N) is 4. The predicted octanol–water partition coefficient (Wildman–Crippen LogP) is 5.64. The highest BCUT2D eigenvalue weighted by Crippen LogP contribution is 2.22. The van der Waals surface area contributed by atoms with Crippen molar-refractivity contribution in [1.29, 1.82) is 0 Å². The molecular weight excluding hydrogens is 368 g/mol. The van der Waals surface area contributed by atoms with E-state index in [1.54, 1.807) is 0 Å². The van der Waals surface area contributed by atoms with Gasteiger partial charge < -0.3 is 9.13 Å². The van der Waals surface area contributed by atoms with Gasteiger partial charge in [0, 0.05) is 13.1 Å². The van der Waals surface area contributed by atoms with Crippen molar-refractivity contribution < 1.29 is 0 Å². The summed E-state index contributed by atoms with van der Waals surface area (Å²) in [7, 11) is 0. The molecule has 0 aliphatic heterocycles. The van der Waals surface area contributed by atoms with Crippen LogP contribution in [0.25, 0.3) is 32.8 Å². The van der Waals surface area contributed by atoms with E-state index in [9.17, 15) is 0 Å². The van der Waals surface area contributed by atoms with Gasteiger partial charge in [-0.3, -0.25) is 0 Å². The van der Waals surface area contributed by atoms with Crippen LogP contribution in [0, 0.1) is 0 Å². The number of hydrogen-bond acceptors (Lipinski definition) is 2. The number of imidazole rings is 2. The van der Waals surface area contributed by atoms with Crippen LogP contribution in [0.1, 0.15) is 11.1 Å². The summed E-state index contributed by atoms with van der Waals surface area (Å²) >= 11 is 0. The molecule has 0 unspecified atom stereocenters. The van der Waals surface area contributed by atoms with E-state index in [0.29, 0.717) is 0 Å². The Morgan fingerprint density at radius 3 is 1.57 bits per heavy atom. The van der Waals surface area contributed by atoms with E-state index >= 15 is 0 Å². The molecule has 4 heteroatoms. The Kier molecular flexibility index (Phi) is 3.88. The molecule has 144 valence electrons. The normalized spacial score (nSPS) is 11.6. The minimum atomic E-state index is 0.812. The van der Waals surface area contributed by atoms with Crippen molar-refractivity contribution in [1.82, 2.24) is 19.1 Å². The molecule has 0 atom stereocenters. The molecule has 0 amide bonds. The Bertz CT molecular complexity index is 1400. The molecule has 2 aromatic heterocycles. The van der Waals surface area contributed by atoms with Gasteiger partial charge in [-0.1, -0.05) is 48.5 Å². The summed E-state index contributed by atoms with van der Waals surface area (Å²) < 4.78 is 4.41. The van der Waals surface area contributed by atoms with Crippen LogP contribution in [-0.4, -0.2) is 19.1 Å². The average Bonchev–Trinajstić information content (AvgIpc) is 3.38. The highest BCUT2D eigenvalue weighted by atomic mass is 15.0. The molecule has 6 rings (SSSR count). The first kappa shape index (κ1) is 17.0. The molecule has 6 aromatic rings. The molecule has 0 radical (unpaired) electrons. The van der Waals surface area contributed by atoms with Crippen LogP contribution >= 0.6 is 0 Å². The van der Waals surface area contributed by atoms with Gasteiger partial charge in [0.05, 0.1) is 34.7 Å². The number of hydrogen-bond donors (Lipinski definition) is 0. The van der Waals surface area contributed by atoms with Gasteiger partial charge in [0.25, 0.3) is 0 Å². The smallest absolute Gasteiger partial charge is 0.0961 e. The lowest BCUT2D eigenvalue weighted by Gasteiger charge is -2.09. The summed E-state index contributed by atoms with van der Waals surface area (Å²) in [6.07, 6.45) is 3.85. The maximum atomic E-state index is 4.51. The third-order valence-corrected chi connectivity index (χ3v) is 5.73. The fourth-order valence-electron chi connectivity index (χ4n) is 4.21. The summed E-state index contributed by atoms with van der Waals surface area (Å²) in [4.78, 5) is 9.02. The van der Waals surface area contributed by atoms with Crippen molar-refractivity contribution in [3.63, 3.8) is 0 Å². The molecule has 4 nitrogen and oxygen atoms in total. The number of benzene rings is 4. The first-order valence-corrected chi connectivity index (χ1v) is 10.1. The number of aromatic nitrogens is 4. The summed E-state index contributed by atoms with van der Waals surface area (Å²) in [6, 6.07) is 30.0. The third-order valence-electron chi connectivity index (χ3n) is 5.73. The van der Waals surface area contributed by atoms with E-state index in [-0.39, 0.29) is 0 Å². The number of rotatable bonds is 4. The molecule has 0 fully saturated rings. The van der Waals surface area contributed by atoms with Crippen LogP contribution < -0.4 is 0 Å². The standard InChI is InChI=1S/C26H20N4/c1-3-7-25-23(5-1)27-17-29(25)15-19-9-11-21-12-10-20(14-22(21)13-19)16-30-18-28-24-6-2-4-8-26(24)30/h1-14,17-18H,15-16H2. The van der Waals surface area contributed by atoms with Crippen LogP contribution in [0.4, 0.5) is 0 Å². The monoisotopic (exact) mass is 388 g/mol. The van der Waals surface area contributed by atoms with Crippen LogP contribution in [0.5, 0.6) is 0 Å². The summed E-state index contributed by atoms with van der Waals surface area (Å²) in [6.45, 7) is 1.62. The third kappa shape index (κ3) is 2.94. The minimum absolute atomic E-state index is 0.812. The van der Waals surface area contributed by atoms with Gasteiger partial charge in [0.15, 0.2) is 0 Å². The van der Waals surface area contributed by atoms with Gasteiger partial charge in [0.2, 0.25) is 0 Å². The SMILES string of the molecule is c1ccc2c(c1)ncn2Cc1ccc2ccc(Cn3cnc4ccccc43)cc2c1. The molecule has 0 aliphatic carbocycles. The Labute approximate surface area is 174 Å². The van der Waals surface area contributed by atoms with E-state index in [4.69, 9.17) is 0 Å². The van der Waals surface area contributed by atoms with Gasteiger partial charge in [0.1, 0.15) is 0 Å². The molecule has 0 spiro atoms. The fraction of sp³-hybridized carbons (Fsp3) is 0.0769. The zero-order valence-electron chi connectivity index (χ0n) is 16.4. The topological polar surface area (TPSA) is 35.6 Å². The molecule has 0 N–H and O–H groups in total. The second-order valence-electron chi connectivity index (χ2n) is 7.74. The summed E-state index contributed by atoms with van der Waals surface area (Å²) in [5, 5.41) is 2.52. The lowest BCUT2D eigenvalue weighted by Crippen LogP contribution is -1.99. The minimum Gasteiger partial charge on any atom is -0.326 e. The van der Waals surface area contributed by atoms with Gasteiger partial charge in [-0.15, -0.1) is 0 Å². The number of fused-ring (bicyclic) bond motifs is 3. The van der Waals surface area contributed by atoms with E-state index < -0.39 is 0 Å². The van der Waals surface area contributed by atoms with E-state index in [1.165, 1.54) is 32.9 Å². The first-order valence-electron chi connectivity index (χ1n) is 10.1. The van der Waals surface area contributed by atoms with E-state index in [2.05, 4.69) is 91.9 Å². The van der Waals surface area contributed by atoms with E-state index in [1.807, 2.05) is 24.8 Å². The largest absolute Gasteiger partial charge is 0.326 e. The second kappa shape index (κ2) is 6.85. The first-order chi connectivity index (χ1) is 14.8. The van der Waals surface area contributed by atoms with Crippen molar-refractivity contribution >= 4 is 32.8 Å². The maximum absolute atomic E-state index is 4.51. The predicted molar refractivity (Wildman–Crippen MR) is 122 cm³/mol. The Hall–Kier alpha value is -3.92. The molecule has 2 heterocycles. The van der Waals surface area contributed by atoms with Crippen LogP contribution in [0.3, 0.4) is 0 Å². The van der Waals surface area contributed by atoms with Crippen LogP contribution in [0.2, 0.25) is 0 Å². The molecule has 0 aliphatic rings. The molecule has 0 bridgehead atoms. The van der Waals surface area contributed by atoms with Gasteiger partial charge in [-0.05, 0) is 58.3 Å². The summed E-state index contributed by atoms with van der Waals surface area (Å²) in [5.74, 6) is 0. The lowest BCUT2D eigenvalue weighted by molar-refractivity contribution is 0.823. The average molecular weight is 388 g/mol. The van der Waals surface area contributed by atoms with E-state index in [0.717, 1.165) is 24.1 Å². The van der Waals surface area contributed by atoms with Gasteiger partial charge >= 0.3 is 0 Å². The second-order valence-corrected chi connectivity index (χ2v) is 7.74. The van der Waals surface area contributed by atoms with Crippen molar-refractivity contribution in [3.8, 4) is 0 Å². The maximum Gasteiger partial charge on any atom is 0.0961 e. The van der Waals surface area contributed by atoms with Gasteiger partial charge in [-0.25, -0.2) is 9.97 Å². The summed E-state index contributed by atoms with van der Waals surface area (Å²) in [5.41, 5.74) is 6.95. The van der Waals surface area contributed by atoms with Crippen molar-refractivity contribution in [2.75, 3.05) is 0 Å². The zero-order chi connectivity index (χ0) is 19.9. The highest BCUT2D eigenvalue weighted by molar-refractivity contribution is 5.84. The molecular formula is C26H20N4. The van der Waals surface area contributed by atoms with Crippen molar-refractivity contribution in [3.05, 3.63) is 109 Å². The molecule has 4 aromatic carbocycles. The van der Waals surface area contributed by atoms with Gasteiger partial charge in [-0.2, -0.15) is 0 Å². The quantitative estimate of drug-likeness (QED) is 0.392. The van der Waals surface area contributed by atoms with Crippen molar-refractivity contribution in [2.24, 2.45) is 0 Å². The Morgan fingerprint density at radius 2 is 1.03 bits per heavy atom. The van der Waals surface area contributed by atoms with Crippen LogP contribution in [-0.2, 0) is 13.1 Å². The Balaban J connectivity index is 1.33.